The number of carbonyl (C=O) groups excluding carboxylic acids is 1. The minimum atomic E-state index is -0.177. The van der Waals surface area contributed by atoms with Gasteiger partial charge >= 0.3 is 0 Å². The Kier molecular flexibility index (Phi) is 6.95. The Morgan fingerprint density at radius 1 is 1.16 bits per heavy atom. The molecule has 25 heavy (non-hydrogen) atoms. The van der Waals surface area contributed by atoms with Crippen LogP contribution in [-0.4, -0.2) is 25.7 Å². The third kappa shape index (κ3) is 6.19. The first kappa shape index (κ1) is 18.9. The monoisotopic (exact) mass is 363 g/mol. The van der Waals surface area contributed by atoms with Crippen LogP contribution < -0.4 is 19.5 Å². The number of ether oxygens (including phenoxy) is 3. The number of carbonyl (C=O) groups is 1. The van der Waals surface area contributed by atoms with E-state index in [0.29, 0.717) is 28.0 Å². The lowest BCUT2D eigenvalue weighted by molar-refractivity contribution is -0.116. The number of hydrogen-bond acceptors (Lipinski definition) is 4. The van der Waals surface area contributed by atoms with Gasteiger partial charge in [-0.3, -0.25) is 4.79 Å². The highest BCUT2D eigenvalue weighted by atomic mass is 35.5. The van der Waals surface area contributed by atoms with Crippen molar-refractivity contribution in [3.05, 3.63) is 47.5 Å². The van der Waals surface area contributed by atoms with E-state index in [1.54, 1.807) is 49.6 Å². The Morgan fingerprint density at radius 3 is 2.64 bits per heavy atom. The van der Waals surface area contributed by atoms with Crippen molar-refractivity contribution in [1.29, 1.82) is 0 Å². The van der Waals surface area contributed by atoms with E-state index in [2.05, 4.69) is 5.32 Å². The summed E-state index contributed by atoms with van der Waals surface area (Å²) in [6, 6.07) is 12.3. The normalized spacial score (nSPS) is 10.4. The lowest BCUT2D eigenvalue weighted by atomic mass is 10.2. The Bertz CT molecular complexity index is 718. The van der Waals surface area contributed by atoms with Crippen LogP contribution in [0.5, 0.6) is 17.2 Å². The van der Waals surface area contributed by atoms with Gasteiger partial charge in [-0.1, -0.05) is 17.7 Å². The average molecular weight is 364 g/mol. The molecule has 0 radical (unpaired) electrons. The molecule has 0 atom stereocenters. The van der Waals surface area contributed by atoms with Crippen LogP contribution in [0.3, 0.4) is 0 Å². The molecule has 1 N–H and O–H groups in total. The molecule has 2 rings (SSSR count). The van der Waals surface area contributed by atoms with Crippen LogP contribution in [0.25, 0.3) is 0 Å². The molecule has 0 spiro atoms. The third-order valence-electron chi connectivity index (χ3n) is 3.22. The van der Waals surface area contributed by atoms with Gasteiger partial charge in [-0.15, -0.1) is 0 Å². The number of anilines is 1. The van der Waals surface area contributed by atoms with Crippen molar-refractivity contribution in [2.45, 2.75) is 26.4 Å². The molecule has 0 aliphatic heterocycles. The molecule has 0 unspecified atom stereocenters. The van der Waals surface area contributed by atoms with Crippen LogP contribution in [-0.2, 0) is 4.79 Å². The van der Waals surface area contributed by atoms with Crippen LogP contribution in [0, 0.1) is 0 Å². The number of benzene rings is 2. The Morgan fingerprint density at radius 2 is 1.96 bits per heavy atom. The molecule has 0 saturated carbocycles. The number of methoxy groups -OCH3 is 1. The highest BCUT2D eigenvalue weighted by Gasteiger charge is 2.11. The molecule has 2 aromatic carbocycles. The molecule has 6 heteroatoms. The number of rotatable bonds is 8. The molecule has 5 nitrogen and oxygen atoms in total. The van der Waals surface area contributed by atoms with E-state index in [4.69, 9.17) is 25.8 Å². The van der Waals surface area contributed by atoms with E-state index in [9.17, 15) is 4.79 Å². The van der Waals surface area contributed by atoms with Gasteiger partial charge in [-0.05, 0) is 44.2 Å². The molecule has 134 valence electrons. The molecule has 0 saturated heterocycles. The highest BCUT2D eigenvalue weighted by Crippen LogP contribution is 2.30. The van der Waals surface area contributed by atoms with Gasteiger partial charge in [0, 0.05) is 11.1 Å². The summed E-state index contributed by atoms with van der Waals surface area (Å²) in [4.78, 5) is 12.2. The van der Waals surface area contributed by atoms with Crippen LogP contribution >= 0.6 is 11.6 Å². The third-order valence-corrected chi connectivity index (χ3v) is 3.45. The Labute approximate surface area is 152 Å². The summed E-state index contributed by atoms with van der Waals surface area (Å²) in [5.41, 5.74) is 0.570. The zero-order valence-electron chi connectivity index (χ0n) is 14.5. The van der Waals surface area contributed by atoms with Crippen molar-refractivity contribution < 1.29 is 19.0 Å². The molecule has 2 aromatic rings. The second-order valence-corrected chi connectivity index (χ2v) is 6.07. The molecule has 0 bridgehead atoms. The van der Waals surface area contributed by atoms with E-state index in [1.165, 1.54) is 0 Å². The van der Waals surface area contributed by atoms with Crippen LogP contribution in [0.1, 0.15) is 20.3 Å². The first-order chi connectivity index (χ1) is 12.0. The van der Waals surface area contributed by atoms with Gasteiger partial charge in [-0.25, -0.2) is 0 Å². The number of nitrogens with one attached hydrogen (secondary N) is 1. The maximum absolute atomic E-state index is 12.2. The van der Waals surface area contributed by atoms with E-state index >= 15 is 0 Å². The van der Waals surface area contributed by atoms with Gasteiger partial charge < -0.3 is 19.5 Å². The molecule has 0 aliphatic carbocycles. The second-order valence-electron chi connectivity index (χ2n) is 5.63. The van der Waals surface area contributed by atoms with Crippen molar-refractivity contribution >= 4 is 23.2 Å². The zero-order valence-corrected chi connectivity index (χ0v) is 15.3. The van der Waals surface area contributed by atoms with E-state index < -0.39 is 0 Å². The lowest BCUT2D eigenvalue weighted by Crippen LogP contribution is -2.17. The minimum Gasteiger partial charge on any atom is -0.497 e. The van der Waals surface area contributed by atoms with Gasteiger partial charge in [0.25, 0.3) is 0 Å². The number of halogens is 1. The molecular formula is C19H22ClNO4. The minimum absolute atomic E-state index is 0.00444. The van der Waals surface area contributed by atoms with Crippen LogP contribution in [0.4, 0.5) is 5.69 Å². The number of amides is 1. The van der Waals surface area contributed by atoms with Gasteiger partial charge in [0.1, 0.15) is 17.2 Å². The van der Waals surface area contributed by atoms with Crippen LogP contribution in [0.2, 0.25) is 5.02 Å². The molecular weight excluding hydrogens is 342 g/mol. The fraction of sp³-hybridized carbons (Fsp3) is 0.316. The first-order valence-electron chi connectivity index (χ1n) is 8.01. The largest absolute Gasteiger partial charge is 0.497 e. The summed E-state index contributed by atoms with van der Waals surface area (Å²) in [6.07, 6.45) is 0.195. The van der Waals surface area contributed by atoms with Crippen molar-refractivity contribution in [3.8, 4) is 17.2 Å². The van der Waals surface area contributed by atoms with Crippen molar-refractivity contribution in [1.82, 2.24) is 0 Å². The lowest BCUT2D eigenvalue weighted by Gasteiger charge is -2.16. The maximum atomic E-state index is 12.2. The molecule has 0 aliphatic rings. The van der Waals surface area contributed by atoms with E-state index in [-0.39, 0.29) is 25.0 Å². The van der Waals surface area contributed by atoms with Crippen molar-refractivity contribution in [2.75, 3.05) is 19.0 Å². The van der Waals surface area contributed by atoms with E-state index in [0.717, 1.165) is 0 Å². The SMILES string of the molecule is COc1ccc(OC(C)C)c(NC(=O)CCOc2cccc(Cl)c2)c1. The maximum Gasteiger partial charge on any atom is 0.227 e. The predicted octanol–water partition coefficient (Wildman–Crippen LogP) is 4.54. The van der Waals surface area contributed by atoms with Gasteiger partial charge in [-0.2, -0.15) is 0 Å². The highest BCUT2D eigenvalue weighted by molar-refractivity contribution is 6.30. The fourth-order valence-corrected chi connectivity index (χ4v) is 2.30. The fourth-order valence-electron chi connectivity index (χ4n) is 2.12. The zero-order chi connectivity index (χ0) is 18.2. The summed E-state index contributed by atoms with van der Waals surface area (Å²) >= 11 is 5.90. The summed E-state index contributed by atoms with van der Waals surface area (Å²) in [7, 11) is 1.57. The number of hydrogen-bond donors (Lipinski definition) is 1. The Balaban J connectivity index is 1.94. The summed E-state index contributed by atoms with van der Waals surface area (Å²) in [6.45, 7) is 4.10. The molecule has 1 amide bonds. The summed E-state index contributed by atoms with van der Waals surface area (Å²) in [5, 5.41) is 3.43. The standard InChI is InChI=1S/C19H22ClNO4/c1-13(2)25-18-8-7-15(23-3)12-17(18)21-19(22)9-10-24-16-6-4-5-14(20)11-16/h4-8,11-13H,9-10H2,1-3H3,(H,21,22). The second kappa shape index (κ2) is 9.18. The van der Waals surface area contributed by atoms with Crippen molar-refractivity contribution in [3.63, 3.8) is 0 Å². The smallest absolute Gasteiger partial charge is 0.227 e. The topological polar surface area (TPSA) is 56.8 Å². The summed E-state index contributed by atoms with van der Waals surface area (Å²) in [5.74, 6) is 1.69. The average Bonchev–Trinajstić information content (AvgIpc) is 2.56. The quantitative estimate of drug-likeness (QED) is 0.747. The predicted molar refractivity (Wildman–Crippen MR) is 99.0 cm³/mol. The molecule has 0 fully saturated rings. The van der Waals surface area contributed by atoms with Crippen molar-refractivity contribution in [2.24, 2.45) is 0 Å². The van der Waals surface area contributed by atoms with Crippen LogP contribution in [0.15, 0.2) is 42.5 Å². The molecule has 0 heterocycles. The van der Waals surface area contributed by atoms with Gasteiger partial charge in [0.05, 0.1) is 31.9 Å². The first-order valence-corrected chi connectivity index (χ1v) is 8.38. The van der Waals surface area contributed by atoms with E-state index in [1.807, 2.05) is 13.8 Å². The van der Waals surface area contributed by atoms with Gasteiger partial charge in [0.15, 0.2) is 0 Å². The Hall–Kier alpha value is -2.40. The summed E-state index contributed by atoms with van der Waals surface area (Å²) < 4.78 is 16.5. The molecule has 0 aromatic heterocycles. The van der Waals surface area contributed by atoms with Gasteiger partial charge in [0.2, 0.25) is 5.91 Å².